The Morgan fingerprint density at radius 1 is 1.32 bits per heavy atom. The van der Waals surface area contributed by atoms with Gasteiger partial charge >= 0.3 is 0 Å². The predicted octanol–water partition coefficient (Wildman–Crippen LogP) is 2.93. The van der Waals surface area contributed by atoms with Crippen LogP contribution in [0.15, 0.2) is 36.8 Å². The highest BCUT2D eigenvalue weighted by Gasteiger charge is 2.26. The van der Waals surface area contributed by atoms with E-state index in [1.54, 1.807) is 29.2 Å². The molecular weight excluding hydrogens is 366 g/mol. The van der Waals surface area contributed by atoms with Crippen LogP contribution in [0.3, 0.4) is 0 Å². The fourth-order valence-electron chi connectivity index (χ4n) is 3.13. The maximum absolute atomic E-state index is 13.1. The first-order chi connectivity index (χ1) is 11.2. The van der Waals surface area contributed by atoms with Crippen LogP contribution < -0.4 is 5.32 Å². The number of imidazole rings is 1. The first-order valence-electron chi connectivity index (χ1n) is 7.91. The largest absolute Gasteiger partial charge is 0.337 e. The van der Waals surface area contributed by atoms with Crippen LogP contribution in [0.2, 0.25) is 0 Å². The summed E-state index contributed by atoms with van der Waals surface area (Å²) in [5.41, 5.74) is 1.25. The van der Waals surface area contributed by atoms with Crippen molar-refractivity contribution in [1.29, 1.82) is 0 Å². The van der Waals surface area contributed by atoms with Crippen molar-refractivity contribution in [3.8, 4) is 5.69 Å². The van der Waals surface area contributed by atoms with Gasteiger partial charge in [-0.3, -0.25) is 9.36 Å². The zero-order chi connectivity index (χ0) is 16.2. The molecule has 1 aliphatic rings. The molecule has 138 valence electrons. The van der Waals surface area contributed by atoms with E-state index in [4.69, 9.17) is 0 Å². The number of nitrogens with one attached hydrogen (secondary N) is 1. The van der Waals surface area contributed by atoms with Gasteiger partial charge in [-0.2, -0.15) is 0 Å². The van der Waals surface area contributed by atoms with Crippen LogP contribution in [0, 0.1) is 11.7 Å². The van der Waals surface area contributed by atoms with Gasteiger partial charge in [0.25, 0.3) is 5.91 Å². The second-order valence-electron chi connectivity index (χ2n) is 5.94. The smallest absolute Gasteiger partial charge is 0.272 e. The Morgan fingerprint density at radius 3 is 2.72 bits per heavy atom. The Labute approximate surface area is 159 Å². The summed E-state index contributed by atoms with van der Waals surface area (Å²) in [6.45, 7) is 2.45. The van der Waals surface area contributed by atoms with Crippen LogP contribution in [0.25, 0.3) is 5.69 Å². The van der Waals surface area contributed by atoms with Gasteiger partial charge in [-0.25, -0.2) is 9.37 Å². The average Bonchev–Trinajstić information content (AvgIpc) is 3.05. The van der Waals surface area contributed by atoms with E-state index in [1.165, 1.54) is 12.1 Å². The van der Waals surface area contributed by atoms with Crippen molar-refractivity contribution in [1.82, 2.24) is 19.8 Å². The molecule has 0 aliphatic carbocycles. The van der Waals surface area contributed by atoms with Crippen molar-refractivity contribution in [2.24, 2.45) is 5.92 Å². The van der Waals surface area contributed by atoms with E-state index >= 15 is 0 Å². The van der Waals surface area contributed by atoms with Crippen LogP contribution in [0.5, 0.6) is 0 Å². The number of benzene rings is 1. The first kappa shape index (κ1) is 21.4. The van der Waals surface area contributed by atoms with Crippen molar-refractivity contribution in [2.75, 3.05) is 26.7 Å². The van der Waals surface area contributed by atoms with E-state index in [0.717, 1.165) is 38.2 Å². The molecule has 0 bridgehead atoms. The summed E-state index contributed by atoms with van der Waals surface area (Å²) < 4.78 is 14.8. The molecule has 2 aromatic rings. The van der Waals surface area contributed by atoms with Gasteiger partial charge in [-0.15, -0.1) is 24.8 Å². The summed E-state index contributed by atoms with van der Waals surface area (Å²) in [5, 5.41) is 3.18. The molecule has 5 nitrogen and oxygen atoms in total. The summed E-state index contributed by atoms with van der Waals surface area (Å²) in [4.78, 5) is 18.8. The van der Waals surface area contributed by atoms with Crippen LogP contribution in [0.1, 0.15) is 23.3 Å². The number of rotatable bonds is 4. The van der Waals surface area contributed by atoms with E-state index < -0.39 is 0 Å². The number of amides is 1. The van der Waals surface area contributed by atoms with Gasteiger partial charge in [0.1, 0.15) is 11.5 Å². The standard InChI is InChI=1S/C17H21FN4O.2ClH/c1-19-9-13-3-2-8-21(11-13)17(23)16-10-20-12-22(16)15-6-4-14(18)5-7-15;;/h4-7,10,12-13,19H,2-3,8-9,11H2,1H3;2*1H. The zero-order valence-corrected chi connectivity index (χ0v) is 15.7. The number of hydrogen-bond acceptors (Lipinski definition) is 3. The third-order valence-corrected chi connectivity index (χ3v) is 4.26. The summed E-state index contributed by atoms with van der Waals surface area (Å²) >= 11 is 0. The number of carbonyl (C=O) groups is 1. The van der Waals surface area contributed by atoms with Gasteiger partial charge < -0.3 is 10.2 Å². The van der Waals surface area contributed by atoms with E-state index in [2.05, 4.69) is 10.3 Å². The molecule has 1 unspecified atom stereocenters. The molecule has 25 heavy (non-hydrogen) atoms. The van der Waals surface area contributed by atoms with Gasteiger partial charge in [0.2, 0.25) is 0 Å². The fourth-order valence-corrected chi connectivity index (χ4v) is 3.13. The molecular formula is C17H23Cl2FN4O. The molecule has 0 spiro atoms. The highest BCUT2D eigenvalue weighted by atomic mass is 35.5. The Hall–Kier alpha value is -1.63. The molecule has 2 heterocycles. The van der Waals surface area contributed by atoms with E-state index in [0.29, 0.717) is 11.6 Å². The molecule has 3 rings (SSSR count). The number of hydrogen-bond donors (Lipinski definition) is 1. The van der Waals surface area contributed by atoms with Gasteiger partial charge in [-0.05, 0) is 56.6 Å². The van der Waals surface area contributed by atoms with Crippen LogP contribution in [-0.2, 0) is 0 Å². The molecule has 1 aromatic heterocycles. The lowest BCUT2D eigenvalue weighted by Gasteiger charge is -2.32. The monoisotopic (exact) mass is 388 g/mol. The summed E-state index contributed by atoms with van der Waals surface area (Å²) in [5.74, 6) is 0.167. The van der Waals surface area contributed by atoms with Gasteiger partial charge in [-0.1, -0.05) is 0 Å². The molecule has 1 fully saturated rings. The Balaban J connectivity index is 0.00000156. The van der Waals surface area contributed by atoms with Crippen molar-refractivity contribution >= 4 is 30.7 Å². The number of piperidine rings is 1. The van der Waals surface area contributed by atoms with Crippen molar-refractivity contribution in [3.63, 3.8) is 0 Å². The molecule has 1 atom stereocenters. The topological polar surface area (TPSA) is 50.2 Å². The van der Waals surface area contributed by atoms with Crippen molar-refractivity contribution in [3.05, 3.63) is 48.3 Å². The predicted molar refractivity (Wildman–Crippen MR) is 101 cm³/mol. The third-order valence-electron chi connectivity index (χ3n) is 4.26. The molecule has 0 saturated carbocycles. The molecule has 1 amide bonds. The van der Waals surface area contributed by atoms with Crippen molar-refractivity contribution in [2.45, 2.75) is 12.8 Å². The van der Waals surface area contributed by atoms with Crippen molar-refractivity contribution < 1.29 is 9.18 Å². The first-order valence-corrected chi connectivity index (χ1v) is 7.91. The van der Waals surface area contributed by atoms with E-state index in [1.807, 2.05) is 11.9 Å². The SMILES string of the molecule is CNCC1CCCN(C(=O)c2cncn2-c2ccc(F)cc2)C1.Cl.Cl. The fraction of sp³-hybridized carbons (Fsp3) is 0.412. The lowest BCUT2D eigenvalue weighted by molar-refractivity contribution is 0.0666. The highest BCUT2D eigenvalue weighted by Crippen LogP contribution is 2.20. The summed E-state index contributed by atoms with van der Waals surface area (Å²) in [6, 6.07) is 6.06. The molecule has 8 heteroatoms. The Morgan fingerprint density at radius 2 is 2.04 bits per heavy atom. The van der Waals surface area contributed by atoms with Crippen LogP contribution >= 0.6 is 24.8 Å². The Bertz CT molecular complexity index is 676. The minimum Gasteiger partial charge on any atom is -0.337 e. The van der Waals surface area contributed by atoms with E-state index in [-0.39, 0.29) is 36.5 Å². The maximum Gasteiger partial charge on any atom is 0.272 e. The third kappa shape index (κ3) is 4.93. The number of aromatic nitrogens is 2. The van der Waals surface area contributed by atoms with Gasteiger partial charge in [0.05, 0.1) is 12.5 Å². The number of likely N-dealkylation sites (tertiary alicyclic amines) is 1. The van der Waals surface area contributed by atoms with Crippen LogP contribution in [0.4, 0.5) is 4.39 Å². The molecule has 0 radical (unpaired) electrons. The summed E-state index contributed by atoms with van der Waals surface area (Å²) in [7, 11) is 1.93. The second kappa shape index (κ2) is 9.75. The van der Waals surface area contributed by atoms with Gasteiger partial charge in [0, 0.05) is 18.8 Å². The maximum atomic E-state index is 13.1. The normalized spacial score (nSPS) is 16.7. The lowest BCUT2D eigenvalue weighted by atomic mass is 9.98. The highest BCUT2D eigenvalue weighted by molar-refractivity contribution is 5.93. The molecule has 1 saturated heterocycles. The van der Waals surface area contributed by atoms with Gasteiger partial charge in [0.15, 0.2) is 0 Å². The lowest BCUT2D eigenvalue weighted by Crippen LogP contribution is -2.43. The number of halogens is 3. The minimum absolute atomic E-state index is 0. The quantitative estimate of drug-likeness (QED) is 0.875. The zero-order valence-electron chi connectivity index (χ0n) is 14.0. The second-order valence-corrected chi connectivity index (χ2v) is 5.94. The van der Waals surface area contributed by atoms with Crippen LogP contribution in [-0.4, -0.2) is 47.0 Å². The molecule has 1 N–H and O–H groups in total. The number of nitrogens with zero attached hydrogens (tertiary/aromatic N) is 3. The summed E-state index contributed by atoms with van der Waals surface area (Å²) in [6.07, 6.45) is 5.33. The van der Waals surface area contributed by atoms with E-state index in [9.17, 15) is 9.18 Å². The minimum atomic E-state index is -0.298. The molecule has 1 aliphatic heterocycles. The Kier molecular flexibility index (Phi) is 8.35. The molecule has 1 aromatic carbocycles. The number of carbonyl (C=O) groups excluding carboxylic acids is 1. The average molecular weight is 389 g/mol.